The number of ether oxygens (including phenoxy) is 1. The smallest absolute Gasteiger partial charge is 0.294 e. The van der Waals surface area contributed by atoms with Gasteiger partial charge in [-0.3, -0.25) is 19.3 Å². The number of benzene rings is 2. The number of phenolic OH excluding ortho intramolecular Hbond substituents is 1. The fourth-order valence-corrected chi connectivity index (χ4v) is 3.58. The molecule has 1 saturated heterocycles. The molecular weight excluding hydrogens is 392 g/mol. The highest BCUT2D eigenvalue weighted by atomic mass is 32.2. The zero-order chi connectivity index (χ0) is 21.0. The Morgan fingerprint density at radius 3 is 2.76 bits per heavy atom. The zero-order valence-corrected chi connectivity index (χ0v) is 16.8. The molecule has 0 saturated carbocycles. The van der Waals surface area contributed by atoms with Crippen molar-refractivity contribution in [3.8, 4) is 11.5 Å². The Labute approximate surface area is 172 Å². The third-order valence-corrected chi connectivity index (χ3v) is 4.97. The summed E-state index contributed by atoms with van der Waals surface area (Å²) >= 11 is 0.766. The Morgan fingerprint density at radius 1 is 1.24 bits per heavy atom. The van der Waals surface area contributed by atoms with Crippen LogP contribution in [0.4, 0.5) is 10.5 Å². The van der Waals surface area contributed by atoms with E-state index in [2.05, 4.69) is 5.32 Å². The first-order valence-corrected chi connectivity index (χ1v) is 9.76. The summed E-state index contributed by atoms with van der Waals surface area (Å²) in [4.78, 5) is 38.2. The number of amides is 3. The molecule has 0 aromatic heterocycles. The van der Waals surface area contributed by atoms with Crippen LogP contribution in [-0.4, -0.2) is 40.2 Å². The Kier molecular flexibility index (Phi) is 6.23. The molecule has 2 aromatic rings. The fraction of sp³-hybridized carbons (Fsp3) is 0.190. The van der Waals surface area contributed by atoms with Crippen molar-refractivity contribution in [1.29, 1.82) is 0 Å². The lowest BCUT2D eigenvalue weighted by Crippen LogP contribution is -2.36. The van der Waals surface area contributed by atoms with Crippen molar-refractivity contribution in [2.75, 3.05) is 18.5 Å². The summed E-state index contributed by atoms with van der Waals surface area (Å²) < 4.78 is 5.33. The first-order chi connectivity index (χ1) is 13.9. The quantitative estimate of drug-likeness (QED) is 0.701. The van der Waals surface area contributed by atoms with Gasteiger partial charge in [-0.2, -0.15) is 0 Å². The largest absolute Gasteiger partial charge is 0.504 e. The molecule has 29 heavy (non-hydrogen) atoms. The van der Waals surface area contributed by atoms with Gasteiger partial charge in [-0.25, -0.2) is 0 Å². The number of phenols is 1. The molecule has 0 spiro atoms. The summed E-state index contributed by atoms with van der Waals surface area (Å²) in [5.41, 5.74) is 2.18. The summed E-state index contributed by atoms with van der Waals surface area (Å²) in [6, 6.07) is 11.9. The summed E-state index contributed by atoms with van der Waals surface area (Å²) in [7, 11) is 0. The summed E-state index contributed by atoms with van der Waals surface area (Å²) in [6.07, 6.45) is 1.53. The monoisotopic (exact) mass is 412 g/mol. The van der Waals surface area contributed by atoms with Gasteiger partial charge in [0.25, 0.3) is 11.1 Å². The number of aryl methyl sites for hydroxylation is 1. The number of nitrogens with one attached hydrogen (secondary N) is 1. The van der Waals surface area contributed by atoms with Gasteiger partial charge >= 0.3 is 0 Å². The van der Waals surface area contributed by atoms with Gasteiger partial charge in [0.2, 0.25) is 5.91 Å². The topological polar surface area (TPSA) is 95.9 Å². The first kappa shape index (κ1) is 20.5. The highest BCUT2D eigenvalue weighted by molar-refractivity contribution is 8.18. The molecule has 2 aromatic carbocycles. The molecule has 3 rings (SSSR count). The fourth-order valence-electron chi connectivity index (χ4n) is 2.75. The molecule has 8 heteroatoms. The van der Waals surface area contributed by atoms with Crippen LogP contribution < -0.4 is 10.1 Å². The molecule has 2 N–H and O–H groups in total. The third kappa shape index (κ3) is 4.97. The number of carbonyl (C=O) groups is 3. The van der Waals surface area contributed by atoms with E-state index in [1.807, 2.05) is 19.1 Å². The molecule has 7 nitrogen and oxygen atoms in total. The first-order valence-electron chi connectivity index (χ1n) is 8.95. The minimum atomic E-state index is -0.537. The summed E-state index contributed by atoms with van der Waals surface area (Å²) in [5.74, 6) is -0.712. The molecule has 0 unspecified atom stereocenters. The van der Waals surface area contributed by atoms with E-state index in [9.17, 15) is 19.5 Å². The average molecular weight is 412 g/mol. The van der Waals surface area contributed by atoms with E-state index in [4.69, 9.17) is 4.74 Å². The lowest BCUT2D eigenvalue weighted by atomic mass is 10.2. The van der Waals surface area contributed by atoms with Crippen molar-refractivity contribution in [2.45, 2.75) is 13.8 Å². The zero-order valence-electron chi connectivity index (χ0n) is 16.0. The van der Waals surface area contributed by atoms with Gasteiger partial charge in [0.1, 0.15) is 6.54 Å². The van der Waals surface area contributed by atoms with Crippen molar-refractivity contribution in [2.24, 2.45) is 0 Å². The number of hydrogen-bond donors (Lipinski definition) is 2. The van der Waals surface area contributed by atoms with Crippen LogP contribution in [0.25, 0.3) is 6.08 Å². The molecule has 150 valence electrons. The molecule has 0 atom stereocenters. The van der Waals surface area contributed by atoms with Gasteiger partial charge in [-0.1, -0.05) is 18.2 Å². The maximum atomic E-state index is 12.6. The average Bonchev–Trinajstić information content (AvgIpc) is 2.92. The normalized spacial score (nSPS) is 15.1. The van der Waals surface area contributed by atoms with Gasteiger partial charge in [0.15, 0.2) is 11.5 Å². The van der Waals surface area contributed by atoms with E-state index < -0.39 is 17.1 Å². The second-order valence-electron chi connectivity index (χ2n) is 6.35. The minimum absolute atomic E-state index is 0.00933. The van der Waals surface area contributed by atoms with Gasteiger partial charge in [-0.05, 0) is 67.1 Å². The standard InChI is InChI=1S/C21H20N2O5S/c1-3-28-17-10-14(7-8-16(17)24)11-18-20(26)23(21(27)29-18)12-19(25)22-15-6-4-5-13(2)9-15/h4-11,24H,3,12H2,1-2H3,(H,22,25)/b18-11+. The molecule has 1 heterocycles. The predicted molar refractivity (Wildman–Crippen MR) is 112 cm³/mol. The van der Waals surface area contributed by atoms with Crippen molar-refractivity contribution < 1.29 is 24.2 Å². The maximum absolute atomic E-state index is 12.6. The van der Waals surface area contributed by atoms with Crippen LogP contribution in [0.1, 0.15) is 18.1 Å². The van der Waals surface area contributed by atoms with Gasteiger partial charge in [-0.15, -0.1) is 0 Å². The van der Waals surface area contributed by atoms with Crippen LogP contribution in [0, 0.1) is 6.92 Å². The summed E-state index contributed by atoms with van der Waals surface area (Å²) in [6.45, 7) is 3.70. The van der Waals surface area contributed by atoms with E-state index in [0.717, 1.165) is 22.2 Å². The Balaban J connectivity index is 1.71. The van der Waals surface area contributed by atoms with E-state index >= 15 is 0 Å². The predicted octanol–water partition coefficient (Wildman–Crippen LogP) is 3.77. The Bertz CT molecular complexity index is 1000. The number of nitrogens with zero attached hydrogens (tertiary/aromatic N) is 1. The molecule has 1 aliphatic heterocycles. The van der Waals surface area contributed by atoms with Crippen LogP contribution >= 0.6 is 11.8 Å². The number of hydrogen-bond acceptors (Lipinski definition) is 6. The number of anilines is 1. The van der Waals surface area contributed by atoms with Gasteiger partial charge in [0.05, 0.1) is 11.5 Å². The third-order valence-electron chi connectivity index (χ3n) is 4.06. The van der Waals surface area contributed by atoms with Crippen molar-refractivity contribution in [1.82, 2.24) is 4.90 Å². The molecule has 0 aliphatic carbocycles. The molecule has 1 aliphatic rings. The lowest BCUT2D eigenvalue weighted by molar-refractivity contribution is -0.127. The van der Waals surface area contributed by atoms with Gasteiger partial charge < -0.3 is 15.2 Å². The summed E-state index contributed by atoms with van der Waals surface area (Å²) in [5, 5.41) is 12.0. The molecular formula is C21H20N2O5S. The van der Waals surface area contributed by atoms with Crippen molar-refractivity contribution in [3.63, 3.8) is 0 Å². The van der Waals surface area contributed by atoms with Crippen LogP contribution in [0.15, 0.2) is 47.4 Å². The second-order valence-corrected chi connectivity index (χ2v) is 7.34. The van der Waals surface area contributed by atoms with Crippen molar-refractivity contribution >= 4 is 40.6 Å². The highest BCUT2D eigenvalue weighted by Gasteiger charge is 2.36. The van der Waals surface area contributed by atoms with E-state index in [-0.39, 0.29) is 22.9 Å². The maximum Gasteiger partial charge on any atom is 0.294 e. The van der Waals surface area contributed by atoms with Crippen LogP contribution in [0.3, 0.4) is 0 Å². The van der Waals surface area contributed by atoms with Crippen LogP contribution in [0.2, 0.25) is 0 Å². The van der Waals surface area contributed by atoms with E-state index in [1.165, 1.54) is 12.1 Å². The SMILES string of the molecule is CCOc1cc(/C=C2/SC(=O)N(CC(=O)Nc3cccc(C)c3)C2=O)ccc1O. The lowest BCUT2D eigenvalue weighted by Gasteiger charge is -2.12. The second kappa shape index (κ2) is 8.83. The molecule has 1 fully saturated rings. The number of thioether (sulfide) groups is 1. The number of aromatic hydroxyl groups is 1. The van der Waals surface area contributed by atoms with Crippen LogP contribution in [-0.2, 0) is 9.59 Å². The highest BCUT2D eigenvalue weighted by Crippen LogP contribution is 2.34. The molecule has 3 amide bonds. The Hall–Kier alpha value is -3.26. The number of carbonyl (C=O) groups excluding carboxylic acids is 3. The van der Waals surface area contributed by atoms with Crippen LogP contribution in [0.5, 0.6) is 11.5 Å². The van der Waals surface area contributed by atoms with E-state index in [0.29, 0.717) is 17.9 Å². The van der Waals surface area contributed by atoms with E-state index in [1.54, 1.807) is 31.2 Å². The number of imide groups is 1. The van der Waals surface area contributed by atoms with Gasteiger partial charge in [0, 0.05) is 5.69 Å². The van der Waals surface area contributed by atoms with Crippen molar-refractivity contribution in [3.05, 3.63) is 58.5 Å². The molecule has 0 radical (unpaired) electrons. The minimum Gasteiger partial charge on any atom is -0.504 e. The Morgan fingerprint density at radius 2 is 2.03 bits per heavy atom. The number of rotatable bonds is 6. The molecule has 0 bridgehead atoms.